The summed E-state index contributed by atoms with van der Waals surface area (Å²) >= 11 is 0. The summed E-state index contributed by atoms with van der Waals surface area (Å²) in [6, 6.07) is 11.9. The molecule has 0 saturated carbocycles. The summed E-state index contributed by atoms with van der Waals surface area (Å²) in [5.41, 5.74) is 9.66. The zero-order chi connectivity index (χ0) is 16.2. The van der Waals surface area contributed by atoms with Gasteiger partial charge in [0.2, 0.25) is 6.41 Å². The summed E-state index contributed by atoms with van der Waals surface area (Å²) in [6.07, 6.45) is 0.639. The van der Waals surface area contributed by atoms with Gasteiger partial charge in [0.25, 0.3) is 0 Å². The molecule has 0 spiro atoms. The first-order valence-corrected chi connectivity index (χ1v) is 7.28. The molecule has 3 rings (SSSR count). The first-order valence-electron chi connectivity index (χ1n) is 7.28. The Balaban J connectivity index is 2.12. The van der Waals surface area contributed by atoms with Gasteiger partial charge in [0, 0.05) is 29.9 Å². The van der Waals surface area contributed by atoms with Gasteiger partial charge < -0.3 is 21.4 Å². The predicted octanol–water partition coefficient (Wildman–Crippen LogP) is 2.91. The van der Waals surface area contributed by atoms with Crippen molar-refractivity contribution in [1.29, 1.82) is 0 Å². The molecular weight excluding hydrogens is 295 g/mol. The van der Waals surface area contributed by atoms with Gasteiger partial charge >= 0.3 is 0 Å². The Bertz CT molecular complexity index is 826. The number of rotatable bonds is 6. The topological polar surface area (TPSA) is 82.9 Å². The third kappa shape index (κ3) is 3.02. The summed E-state index contributed by atoms with van der Waals surface area (Å²) in [6.45, 7) is 1.16. The molecule has 1 aromatic heterocycles. The fourth-order valence-electron chi connectivity index (χ4n) is 2.55. The molecule has 5 N–H and O–H groups in total. The summed E-state index contributed by atoms with van der Waals surface area (Å²) in [5, 5.41) is 6.88. The first-order chi connectivity index (χ1) is 11.2. The molecule has 5 nitrogen and oxygen atoms in total. The predicted molar refractivity (Wildman–Crippen MR) is 90.9 cm³/mol. The van der Waals surface area contributed by atoms with Crippen LogP contribution in [0.15, 0.2) is 42.5 Å². The van der Waals surface area contributed by atoms with Gasteiger partial charge in [-0.25, -0.2) is 4.39 Å². The molecule has 0 atom stereocenters. The number of halogens is 1. The molecule has 0 unspecified atom stereocenters. The van der Waals surface area contributed by atoms with Gasteiger partial charge in [-0.05, 0) is 48.0 Å². The van der Waals surface area contributed by atoms with Crippen LogP contribution in [0.3, 0.4) is 0 Å². The molecule has 0 aliphatic heterocycles. The Morgan fingerprint density at radius 2 is 1.87 bits per heavy atom. The molecule has 1 amide bonds. The second-order valence-electron chi connectivity index (χ2n) is 5.12. The number of amides is 1. The van der Waals surface area contributed by atoms with Crippen LogP contribution >= 0.6 is 0 Å². The minimum Gasteiger partial charge on any atom is -0.383 e. The van der Waals surface area contributed by atoms with Gasteiger partial charge in [-0.1, -0.05) is 0 Å². The summed E-state index contributed by atoms with van der Waals surface area (Å²) < 4.78 is 13.1. The van der Waals surface area contributed by atoms with Crippen molar-refractivity contribution in [1.82, 2.24) is 4.98 Å². The Labute approximate surface area is 132 Å². The van der Waals surface area contributed by atoms with E-state index in [4.69, 9.17) is 5.73 Å². The number of carbonyl (C=O) groups is 1. The number of H-pyrrole nitrogens is 1. The number of aromatic nitrogens is 1. The fourth-order valence-corrected chi connectivity index (χ4v) is 2.55. The van der Waals surface area contributed by atoms with Crippen LogP contribution in [0.25, 0.3) is 22.2 Å². The smallest absolute Gasteiger partial charge is 0.211 e. The van der Waals surface area contributed by atoms with Crippen LogP contribution in [0.1, 0.15) is 0 Å². The quantitative estimate of drug-likeness (QED) is 0.528. The van der Waals surface area contributed by atoms with Crippen molar-refractivity contribution in [3.05, 3.63) is 48.3 Å². The molecule has 0 bridgehead atoms. The first kappa shape index (κ1) is 15.1. The maximum absolute atomic E-state index is 13.1. The highest BCUT2D eigenvalue weighted by Crippen LogP contribution is 2.33. The highest BCUT2D eigenvalue weighted by atomic mass is 19.1. The van der Waals surface area contributed by atoms with Gasteiger partial charge in [0.15, 0.2) is 0 Å². The number of anilines is 2. The van der Waals surface area contributed by atoms with Gasteiger partial charge in [-0.3, -0.25) is 4.79 Å². The minimum atomic E-state index is -0.279. The molecule has 0 fully saturated rings. The second kappa shape index (κ2) is 6.50. The van der Waals surface area contributed by atoms with Crippen LogP contribution in [0.4, 0.5) is 15.8 Å². The van der Waals surface area contributed by atoms with Crippen molar-refractivity contribution in [2.45, 2.75) is 0 Å². The number of hydrogen-bond acceptors (Lipinski definition) is 3. The normalized spacial score (nSPS) is 10.7. The summed E-state index contributed by atoms with van der Waals surface area (Å²) in [4.78, 5) is 14.1. The Morgan fingerprint density at radius 1 is 1.13 bits per heavy atom. The molecular formula is C17H17FN4O. The van der Waals surface area contributed by atoms with Crippen molar-refractivity contribution >= 4 is 28.7 Å². The standard InChI is InChI=1S/C17H17FN4O/c18-12-3-1-11(2-4-12)16-9-13-14(20-8-7-19)5-6-15(21-10-23)17(13)22-16/h1-6,9-10,20,22H,7-8,19H2,(H,21,23). The van der Waals surface area contributed by atoms with E-state index in [2.05, 4.69) is 15.6 Å². The largest absolute Gasteiger partial charge is 0.383 e. The summed E-state index contributed by atoms with van der Waals surface area (Å²) in [5.74, 6) is -0.279. The van der Waals surface area contributed by atoms with Crippen LogP contribution in [0.5, 0.6) is 0 Å². The monoisotopic (exact) mass is 312 g/mol. The molecule has 0 saturated heterocycles. The molecule has 23 heavy (non-hydrogen) atoms. The van der Waals surface area contributed by atoms with Crippen LogP contribution in [0, 0.1) is 5.82 Å². The van der Waals surface area contributed by atoms with Crippen molar-refractivity contribution in [3.8, 4) is 11.3 Å². The van der Waals surface area contributed by atoms with Crippen LogP contribution in [0.2, 0.25) is 0 Å². The number of aromatic amines is 1. The van der Waals surface area contributed by atoms with Crippen LogP contribution < -0.4 is 16.4 Å². The maximum Gasteiger partial charge on any atom is 0.211 e. The third-order valence-corrected chi connectivity index (χ3v) is 3.62. The number of benzene rings is 2. The minimum absolute atomic E-state index is 0.279. The molecule has 3 aromatic rings. The lowest BCUT2D eigenvalue weighted by Crippen LogP contribution is -2.13. The average molecular weight is 312 g/mol. The maximum atomic E-state index is 13.1. The zero-order valence-corrected chi connectivity index (χ0v) is 12.4. The Hall–Kier alpha value is -2.86. The molecule has 0 aliphatic rings. The lowest BCUT2D eigenvalue weighted by molar-refractivity contribution is -0.105. The molecule has 1 heterocycles. The lowest BCUT2D eigenvalue weighted by atomic mass is 10.1. The molecule has 118 valence electrons. The van der Waals surface area contributed by atoms with E-state index in [1.807, 2.05) is 18.2 Å². The van der Waals surface area contributed by atoms with Crippen LogP contribution in [-0.4, -0.2) is 24.5 Å². The highest BCUT2D eigenvalue weighted by Gasteiger charge is 2.11. The zero-order valence-electron chi connectivity index (χ0n) is 12.4. The number of nitrogens with one attached hydrogen (secondary N) is 3. The molecule has 0 aliphatic carbocycles. The van der Waals surface area contributed by atoms with Crippen molar-refractivity contribution < 1.29 is 9.18 Å². The number of carbonyl (C=O) groups excluding carboxylic acids is 1. The average Bonchev–Trinajstić information content (AvgIpc) is 3.01. The number of hydrogen-bond donors (Lipinski definition) is 4. The van der Waals surface area contributed by atoms with E-state index in [0.29, 0.717) is 25.2 Å². The van der Waals surface area contributed by atoms with Gasteiger partial charge in [0.1, 0.15) is 5.82 Å². The molecule has 2 aromatic carbocycles. The van der Waals surface area contributed by atoms with Crippen LogP contribution in [-0.2, 0) is 4.79 Å². The van der Waals surface area contributed by atoms with Gasteiger partial charge in [-0.15, -0.1) is 0 Å². The fraction of sp³-hybridized carbons (Fsp3) is 0.118. The van der Waals surface area contributed by atoms with E-state index in [1.54, 1.807) is 12.1 Å². The van der Waals surface area contributed by atoms with Gasteiger partial charge in [-0.2, -0.15) is 0 Å². The van der Waals surface area contributed by atoms with Gasteiger partial charge in [0.05, 0.1) is 11.2 Å². The van der Waals surface area contributed by atoms with E-state index in [-0.39, 0.29) is 5.82 Å². The SMILES string of the molecule is NCCNc1ccc(NC=O)c2[nH]c(-c3ccc(F)cc3)cc12. The van der Waals surface area contributed by atoms with Crippen molar-refractivity contribution in [3.63, 3.8) is 0 Å². The van der Waals surface area contributed by atoms with E-state index >= 15 is 0 Å². The number of nitrogens with two attached hydrogens (primary N) is 1. The van der Waals surface area contributed by atoms with E-state index < -0.39 is 0 Å². The number of fused-ring (bicyclic) bond motifs is 1. The highest BCUT2D eigenvalue weighted by molar-refractivity contribution is 6.04. The molecule has 0 radical (unpaired) electrons. The van der Waals surface area contributed by atoms with E-state index in [0.717, 1.165) is 27.8 Å². The van der Waals surface area contributed by atoms with E-state index in [1.165, 1.54) is 12.1 Å². The second-order valence-corrected chi connectivity index (χ2v) is 5.12. The molecule has 6 heteroatoms. The Morgan fingerprint density at radius 3 is 2.57 bits per heavy atom. The Kier molecular flexibility index (Phi) is 4.25. The van der Waals surface area contributed by atoms with Crippen molar-refractivity contribution in [2.24, 2.45) is 5.73 Å². The van der Waals surface area contributed by atoms with Crippen molar-refractivity contribution in [2.75, 3.05) is 23.7 Å². The lowest BCUT2D eigenvalue weighted by Gasteiger charge is -2.08. The summed E-state index contributed by atoms with van der Waals surface area (Å²) in [7, 11) is 0. The van der Waals surface area contributed by atoms with E-state index in [9.17, 15) is 9.18 Å². The third-order valence-electron chi connectivity index (χ3n) is 3.62.